The fourth-order valence-corrected chi connectivity index (χ4v) is 4.09. The number of rotatable bonds is 2. The summed E-state index contributed by atoms with van der Waals surface area (Å²) in [5, 5.41) is 20.4. The van der Waals surface area contributed by atoms with Gasteiger partial charge in [-0.05, 0) is 31.6 Å². The van der Waals surface area contributed by atoms with Crippen molar-refractivity contribution in [1.29, 1.82) is 0 Å². The van der Waals surface area contributed by atoms with Crippen molar-refractivity contribution in [2.75, 3.05) is 0 Å². The third-order valence-electron chi connectivity index (χ3n) is 5.19. The molecule has 3 rings (SSSR count). The van der Waals surface area contributed by atoms with Gasteiger partial charge in [-0.1, -0.05) is 12.7 Å². The Morgan fingerprint density at radius 3 is 2.67 bits per heavy atom. The number of ether oxygens (including phenoxy) is 2. The summed E-state index contributed by atoms with van der Waals surface area (Å²) in [4.78, 5) is 28.3. The highest BCUT2D eigenvalue weighted by Gasteiger charge is 2.64. The fourth-order valence-electron chi connectivity index (χ4n) is 4.09. The molecule has 1 saturated heterocycles. The van der Waals surface area contributed by atoms with Crippen LogP contribution in [0.3, 0.4) is 0 Å². The van der Waals surface area contributed by atoms with Gasteiger partial charge in [0, 0.05) is 12.5 Å². The van der Waals surface area contributed by atoms with E-state index in [-0.39, 0.29) is 5.57 Å². The molecule has 2 N–H and O–H groups in total. The number of hydrogen-bond donors (Lipinski definition) is 2. The van der Waals surface area contributed by atoms with Gasteiger partial charge < -0.3 is 14.6 Å². The first-order valence-electron chi connectivity index (χ1n) is 7.65. The summed E-state index contributed by atoms with van der Waals surface area (Å²) in [7, 11) is 0. The van der Waals surface area contributed by atoms with Gasteiger partial charge in [-0.3, -0.25) is 10.1 Å². The maximum absolute atomic E-state index is 12.1. The Morgan fingerprint density at radius 2 is 2.08 bits per heavy atom. The summed E-state index contributed by atoms with van der Waals surface area (Å²) >= 11 is 0. The molecule has 0 bridgehead atoms. The monoisotopic (exact) mass is 336 g/mol. The second-order valence-electron chi connectivity index (χ2n) is 6.77. The van der Waals surface area contributed by atoms with Crippen molar-refractivity contribution >= 4 is 11.9 Å². The van der Waals surface area contributed by atoms with Gasteiger partial charge >= 0.3 is 11.9 Å². The van der Waals surface area contributed by atoms with Crippen LogP contribution in [-0.2, 0) is 24.0 Å². The van der Waals surface area contributed by atoms with E-state index >= 15 is 0 Å². The van der Waals surface area contributed by atoms with Crippen molar-refractivity contribution in [3.05, 3.63) is 36.0 Å². The molecule has 6 unspecified atom stereocenters. The van der Waals surface area contributed by atoms with Crippen molar-refractivity contribution in [2.45, 2.75) is 44.2 Å². The second-order valence-corrected chi connectivity index (χ2v) is 6.77. The van der Waals surface area contributed by atoms with Crippen molar-refractivity contribution < 1.29 is 34.3 Å². The molecule has 0 saturated carbocycles. The predicted octanol–water partition coefficient (Wildman–Crippen LogP) is 1.14. The van der Waals surface area contributed by atoms with Gasteiger partial charge in [-0.25, -0.2) is 9.68 Å². The van der Waals surface area contributed by atoms with E-state index in [0.29, 0.717) is 5.57 Å². The molecule has 7 heteroatoms. The molecule has 24 heavy (non-hydrogen) atoms. The summed E-state index contributed by atoms with van der Waals surface area (Å²) in [6, 6.07) is 0. The number of carbonyl (C=O) groups is 2. The maximum atomic E-state index is 12.1. The van der Waals surface area contributed by atoms with Crippen LogP contribution in [0.25, 0.3) is 0 Å². The van der Waals surface area contributed by atoms with Crippen LogP contribution in [0.2, 0.25) is 0 Å². The number of esters is 2. The van der Waals surface area contributed by atoms with E-state index in [9.17, 15) is 20.0 Å². The topological polar surface area (TPSA) is 102 Å². The molecule has 2 aliphatic carbocycles. The van der Waals surface area contributed by atoms with E-state index in [1.54, 1.807) is 19.9 Å². The van der Waals surface area contributed by atoms with E-state index < -0.39 is 47.2 Å². The Kier molecular flexibility index (Phi) is 3.71. The Morgan fingerprint density at radius 1 is 1.42 bits per heavy atom. The summed E-state index contributed by atoms with van der Waals surface area (Å²) in [6.45, 7) is 8.25. The van der Waals surface area contributed by atoms with Crippen LogP contribution in [-0.4, -0.2) is 45.7 Å². The molecule has 0 aromatic rings. The van der Waals surface area contributed by atoms with Crippen LogP contribution < -0.4 is 0 Å². The lowest BCUT2D eigenvalue weighted by Crippen LogP contribution is -2.53. The van der Waals surface area contributed by atoms with Crippen molar-refractivity contribution in [1.82, 2.24) is 0 Å². The number of hydrogen-bond acceptors (Lipinski definition) is 7. The molecule has 1 heterocycles. The summed E-state index contributed by atoms with van der Waals surface area (Å²) in [5.41, 5.74) is -2.09. The lowest BCUT2D eigenvalue weighted by molar-refractivity contribution is -0.321. The minimum absolute atomic E-state index is 0.159. The quantitative estimate of drug-likeness (QED) is 0.256. The number of fused-ring (bicyclic) bond motifs is 3. The average molecular weight is 336 g/mol. The van der Waals surface area contributed by atoms with E-state index in [2.05, 4.69) is 6.58 Å². The lowest BCUT2D eigenvalue weighted by atomic mass is 9.73. The highest BCUT2D eigenvalue weighted by Crippen LogP contribution is 2.53. The molecule has 0 spiro atoms. The Bertz CT molecular complexity index is 674. The van der Waals surface area contributed by atoms with Gasteiger partial charge in [-0.15, -0.1) is 0 Å². The van der Waals surface area contributed by atoms with E-state index in [0.717, 1.165) is 0 Å². The molecule has 0 amide bonds. The van der Waals surface area contributed by atoms with Gasteiger partial charge in [-0.2, -0.15) is 0 Å². The summed E-state index contributed by atoms with van der Waals surface area (Å²) in [6.07, 6.45) is 2.96. The minimum atomic E-state index is -1.41. The number of aliphatic hydroxyl groups is 1. The standard InChI is InChI=1S/C17H20O7/c1-8-7-11(22-10(3)18)12-9(2)15(19)23-13(12)14-16(4,20)5-6-17(8,14)24-21/h5-7,11-14,20-21H,2H2,1,3-4H3. The van der Waals surface area contributed by atoms with Gasteiger partial charge in [0.15, 0.2) is 5.60 Å². The van der Waals surface area contributed by atoms with Crippen LogP contribution in [0.1, 0.15) is 20.8 Å². The first-order valence-corrected chi connectivity index (χ1v) is 7.65. The molecule has 1 aliphatic heterocycles. The maximum Gasteiger partial charge on any atom is 0.334 e. The molecule has 7 nitrogen and oxygen atoms in total. The van der Waals surface area contributed by atoms with E-state index in [4.69, 9.17) is 14.4 Å². The summed E-state index contributed by atoms with van der Waals surface area (Å²) in [5.74, 6) is -2.64. The SMILES string of the molecule is C=C1C(=O)OC2C1C(OC(C)=O)C=C(C)C1(OO)C=CC(C)(O)C21. The van der Waals surface area contributed by atoms with Crippen molar-refractivity contribution in [3.63, 3.8) is 0 Å². The van der Waals surface area contributed by atoms with Crippen LogP contribution in [0.5, 0.6) is 0 Å². The zero-order chi connectivity index (χ0) is 17.9. The molecule has 130 valence electrons. The van der Waals surface area contributed by atoms with Crippen molar-refractivity contribution in [3.8, 4) is 0 Å². The second kappa shape index (κ2) is 5.27. The van der Waals surface area contributed by atoms with Gasteiger partial charge in [0.05, 0.1) is 17.4 Å². The predicted molar refractivity (Wildman–Crippen MR) is 81.5 cm³/mol. The minimum Gasteiger partial charge on any atom is -0.458 e. The van der Waals surface area contributed by atoms with Gasteiger partial charge in [0.25, 0.3) is 0 Å². The first kappa shape index (κ1) is 16.9. The normalized spacial score (nSPS) is 43.6. The van der Waals surface area contributed by atoms with Crippen LogP contribution in [0.15, 0.2) is 36.0 Å². The van der Waals surface area contributed by atoms with E-state index in [1.807, 2.05) is 0 Å². The number of carbonyl (C=O) groups excluding carboxylic acids is 2. The highest BCUT2D eigenvalue weighted by molar-refractivity contribution is 5.91. The molecule has 0 aromatic carbocycles. The third kappa shape index (κ3) is 2.16. The van der Waals surface area contributed by atoms with Crippen LogP contribution in [0, 0.1) is 11.8 Å². The van der Waals surface area contributed by atoms with Crippen LogP contribution in [0.4, 0.5) is 0 Å². The first-order chi connectivity index (χ1) is 11.1. The Labute approximate surface area is 139 Å². The highest BCUT2D eigenvalue weighted by atomic mass is 17.1. The Balaban J connectivity index is 2.19. The Hall–Kier alpha value is -1.96. The molecule has 3 aliphatic rings. The zero-order valence-corrected chi connectivity index (χ0v) is 13.7. The lowest BCUT2D eigenvalue weighted by Gasteiger charge is -2.40. The van der Waals surface area contributed by atoms with E-state index in [1.165, 1.54) is 19.1 Å². The average Bonchev–Trinajstić information content (AvgIpc) is 2.88. The largest absolute Gasteiger partial charge is 0.458 e. The van der Waals surface area contributed by atoms with Crippen LogP contribution >= 0.6 is 0 Å². The van der Waals surface area contributed by atoms with Gasteiger partial charge in [0.1, 0.15) is 12.2 Å². The molecule has 0 radical (unpaired) electrons. The molecule has 0 aromatic heterocycles. The molecular weight excluding hydrogens is 316 g/mol. The third-order valence-corrected chi connectivity index (χ3v) is 5.19. The van der Waals surface area contributed by atoms with Gasteiger partial charge in [0.2, 0.25) is 0 Å². The summed E-state index contributed by atoms with van der Waals surface area (Å²) < 4.78 is 10.8. The zero-order valence-electron chi connectivity index (χ0n) is 13.7. The molecule has 1 fully saturated rings. The van der Waals surface area contributed by atoms with Crippen molar-refractivity contribution in [2.24, 2.45) is 11.8 Å². The smallest absolute Gasteiger partial charge is 0.334 e. The fraction of sp³-hybridized carbons (Fsp3) is 0.529. The molecule has 6 atom stereocenters. The molecular formula is C17H20O7.